The van der Waals surface area contributed by atoms with Gasteiger partial charge in [0.25, 0.3) is 0 Å². The Bertz CT molecular complexity index is 637. The minimum absolute atomic E-state index is 0.517. The van der Waals surface area contributed by atoms with Crippen LogP contribution in [0.15, 0.2) is 52.3 Å². The third-order valence-corrected chi connectivity index (χ3v) is 5.81. The summed E-state index contributed by atoms with van der Waals surface area (Å²) < 4.78 is 0. The van der Waals surface area contributed by atoms with Crippen molar-refractivity contribution in [2.45, 2.75) is 36.1 Å². The number of hydrogen-bond acceptors (Lipinski definition) is 1. The Morgan fingerprint density at radius 2 is 1.86 bits per heavy atom. The number of hydrogen-bond donors (Lipinski definition) is 1. The fraction of sp³-hybridized carbons (Fsp3) is 0.333. The van der Waals surface area contributed by atoms with E-state index in [2.05, 4.69) is 50.2 Å². The Kier molecular flexibility index (Phi) is 4.58. The van der Waals surface area contributed by atoms with Crippen LogP contribution in [-0.2, 0) is 6.42 Å². The Balaban J connectivity index is 2.11. The predicted molar refractivity (Wildman–Crippen MR) is 90.5 cm³/mol. The average Bonchev–Trinajstić information content (AvgIpc) is 2.65. The lowest BCUT2D eigenvalue weighted by molar-refractivity contribution is -0.928. The predicted octanol–water partition coefficient (Wildman–Crippen LogP) is 4.01. The molecule has 0 saturated heterocycles. The quantitative estimate of drug-likeness (QED) is 0.896. The zero-order valence-corrected chi connectivity index (χ0v) is 14.1. The zero-order valence-electron chi connectivity index (χ0n) is 12.5. The van der Waals surface area contributed by atoms with E-state index in [-0.39, 0.29) is 0 Å². The molecule has 1 heterocycles. The van der Waals surface area contributed by atoms with Gasteiger partial charge in [0.1, 0.15) is 6.04 Å². The molecule has 3 rings (SSSR count). The molecule has 1 atom stereocenters. The van der Waals surface area contributed by atoms with E-state index in [9.17, 15) is 0 Å². The first-order chi connectivity index (χ1) is 10.2. The topological polar surface area (TPSA) is 4.44 Å². The summed E-state index contributed by atoms with van der Waals surface area (Å²) in [4.78, 5) is 4.37. The molecule has 1 nitrogen and oxygen atoms in total. The molecule has 0 spiro atoms. The molecule has 0 aliphatic carbocycles. The minimum atomic E-state index is 0.517. The van der Waals surface area contributed by atoms with Gasteiger partial charge >= 0.3 is 0 Å². The van der Waals surface area contributed by atoms with Crippen LogP contribution >= 0.6 is 23.4 Å². The monoisotopic (exact) mass is 318 g/mol. The van der Waals surface area contributed by atoms with E-state index in [0.29, 0.717) is 6.04 Å². The maximum absolute atomic E-state index is 6.22. The highest BCUT2D eigenvalue weighted by Gasteiger charge is 2.28. The largest absolute Gasteiger partial charge is 0.329 e. The molecule has 0 aromatic heterocycles. The van der Waals surface area contributed by atoms with Crippen LogP contribution in [0.3, 0.4) is 0 Å². The molecule has 21 heavy (non-hydrogen) atoms. The molecule has 3 heteroatoms. The Morgan fingerprint density at radius 3 is 2.62 bits per heavy atom. The lowest BCUT2D eigenvalue weighted by atomic mass is 9.97. The van der Waals surface area contributed by atoms with Gasteiger partial charge in [-0.1, -0.05) is 41.6 Å². The molecule has 0 amide bonds. The summed E-state index contributed by atoms with van der Waals surface area (Å²) in [5.41, 5.74) is 2.86. The van der Waals surface area contributed by atoms with E-state index in [1.165, 1.54) is 20.9 Å². The van der Waals surface area contributed by atoms with Crippen molar-refractivity contribution < 1.29 is 4.90 Å². The molecule has 2 aromatic rings. The first kappa shape index (κ1) is 15.0. The molecule has 1 N–H and O–H groups in total. The van der Waals surface area contributed by atoms with E-state index in [4.69, 9.17) is 11.6 Å². The summed E-state index contributed by atoms with van der Waals surface area (Å²) in [5.74, 6) is 0. The normalized spacial score (nSPS) is 17.2. The molecular weight excluding hydrogens is 298 g/mol. The fourth-order valence-corrected chi connectivity index (χ4v) is 4.54. The molecule has 0 radical (unpaired) electrons. The van der Waals surface area contributed by atoms with Crippen molar-refractivity contribution in [2.75, 3.05) is 13.1 Å². The second-order valence-corrected chi connectivity index (χ2v) is 7.03. The van der Waals surface area contributed by atoms with Crippen LogP contribution < -0.4 is 4.90 Å². The Morgan fingerprint density at radius 1 is 1.10 bits per heavy atom. The lowest BCUT2D eigenvalue weighted by Gasteiger charge is -2.27. The van der Waals surface area contributed by atoms with Gasteiger partial charge in [0.15, 0.2) is 0 Å². The van der Waals surface area contributed by atoms with Crippen molar-refractivity contribution in [3.8, 4) is 0 Å². The van der Waals surface area contributed by atoms with E-state index in [0.717, 1.165) is 24.5 Å². The summed E-state index contributed by atoms with van der Waals surface area (Å²) in [6.45, 7) is 6.85. The van der Waals surface area contributed by atoms with Crippen LogP contribution in [0, 0.1) is 0 Å². The molecule has 0 fully saturated rings. The Hall–Kier alpha value is -0.960. The summed E-state index contributed by atoms with van der Waals surface area (Å²) in [7, 11) is 0. The van der Waals surface area contributed by atoms with Gasteiger partial charge in [-0.15, -0.1) is 0 Å². The third kappa shape index (κ3) is 2.98. The second-order valence-electron chi connectivity index (χ2n) is 5.51. The highest BCUT2D eigenvalue weighted by molar-refractivity contribution is 7.99. The molecule has 2 aromatic carbocycles. The van der Waals surface area contributed by atoms with Crippen LogP contribution in [0.1, 0.15) is 31.0 Å². The van der Waals surface area contributed by atoms with E-state index in [1.807, 2.05) is 17.8 Å². The van der Waals surface area contributed by atoms with Crippen molar-refractivity contribution in [1.82, 2.24) is 0 Å². The fourth-order valence-electron chi connectivity index (χ4n) is 3.22. The van der Waals surface area contributed by atoms with E-state index >= 15 is 0 Å². The van der Waals surface area contributed by atoms with Gasteiger partial charge in [-0.25, -0.2) is 0 Å². The van der Waals surface area contributed by atoms with Crippen LogP contribution in [0.2, 0.25) is 5.02 Å². The number of rotatable bonds is 3. The second kappa shape index (κ2) is 6.43. The van der Waals surface area contributed by atoms with Crippen molar-refractivity contribution in [2.24, 2.45) is 0 Å². The maximum atomic E-state index is 6.22. The summed E-state index contributed by atoms with van der Waals surface area (Å²) >= 11 is 8.10. The molecular formula is C18H21ClNS+. The molecule has 110 valence electrons. The molecule has 0 unspecified atom stereocenters. The van der Waals surface area contributed by atoms with Gasteiger partial charge < -0.3 is 4.90 Å². The van der Waals surface area contributed by atoms with Crippen LogP contribution in [0.5, 0.6) is 0 Å². The van der Waals surface area contributed by atoms with Gasteiger partial charge in [0.2, 0.25) is 0 Å². The van der Waals surface area contributed by atoms with Gasteiger partial charge in [-0.3, -0.25) is 0 Å². The van der Waals surface area contributed by atoms with Gasteiger partial charge in [0, 0.05) is 26.8 Å². The van der Waals surface area contributed by atoms with Crippen molar-refractivity contribution in [3.63, 3.8) is 0 Å². The smallest absolute Gasteiger partial charge is 0.118 e. The van der Waals surface area contributed by atoms with Crippen LogP contribution in [0.25, 0.3) is 0 Å². The maximum Gasteiger partial charge on any atom is 0.118 e. The Labute approximate surface area is 136 Å². The third-order valence-electron chi connectivity index (χ3n) is 4.36. The van der Waals surface area contributed by atoms with Crippen molar-refractivity contribution >= 4 is 23.4 Å². The highest BCUT2D eigenvalue weighted by atomic mass is 35.5. The summed E-state index contributed by atoms with van der Waals surface area (Å²) in [5, 5.41) is 0.841. The number of halogens is 1. The molecule has 1 aliphatic heterocycles. The van der Waals surface area contributed by atoms with Crippen molar-refractivity contribution in [3.05, 3.63) is 58.6 Å². The van der Waals surface area contributed by atoms with Crippen molar-refractivity contribution in [1.29, 1.82) is 0 Å². The minimum Gasteiger partial charge on any atom is -0.329 e. The highest BCUT2D eigenvalue weighted by Crippen LogP contribution is 2.40. The lowest BCUT2D eigenvalue weighted by Crippen LogP contribution is -3.12. The summed E-state index contributed by atoms with van der Waals surface area (Å²) in [6, 6.07) is 15.7. The van der Waals surface area contributed by atoms with Gasteiger partial charge in [-0.05, 0) is 43.7 Å². The first-order valence-electron chi connectivity index (χ1n) is 7.62. The average molecular weight is 319 g/mol. The first-order valence-corrected chi connectivity index (χ1v) is 8.82. The number of likely N-dealkylation sites (N-methyl/N-ethyl adjacent to an activating group) is 1. The number of quaternary nitrogens is 1. The number of nitrogens with one attached hydrogen (secondary N) is 1. The SMILES string of the molecule is CC[NH+](CC)[C@H]1Cc2cc(Cl)ccc2Sc2ccccc21. The zero-order chi connectivity index (χ0) is 14.8. The van der Waals surface area contributed by atoms with Gasteiger partial charge in [-0.2, -0.15) is 0 Å². The van der Waals surface area contributed by atoms with Crippen LogP contribution in [0.4, 0.5) is 0 Å². The van der Waals surface area contributed by atoms with Gasteiger partial charge in [0.05, 0.1) is 13.1 Å². The molecule has 0 bridgehead atoms. The molecule has 1 aliphatic rings. The number of fused-ring (bicyclic) bond motifs is 2. The standard InChI is InChI=1S/C18H20ClNS/c1-3-20(4-2)16-12-13-11-14(19)9-10-17(13)21-18-8-6-5-7-15(16)18/h5-11,16H,3-4,12H2,1-2H3/p+1/t16-/m0/s1. The van der Waals surface area contributed by atoms with Crippen LogP contribution in [-0.4, -0.2) is 13.1 Å². The molecule has 0 saturated carbocycles. The van der Waals surface area contributed by atoms with E-state index < -0.39 is 0 Å². The number of benzene rings is 2. The summed E-state index contributed by atoms with van der Waals surface area (Å²) in [6.07, 6.45) is 1.07. The van der Waals surface area contributed by atoms with E-state index in [1.54, 1.807) is 4.90 Å².